The molecule has 0 bridgehead atoms. The number of hydrogen-bond donors (Lipinski definition) is 1. The van der Waals surface area contributed by atoms with Gasteiger partial charge in [-0.25, -0.2) is 9.97 Å². The number of thiophene rings is 1. The van der Waals surface area contributed by atoms with Crippen LogP contribution in [0, 0.1) is 0 Å². The van der Waals surface area contributed by atoms with Gasteiger partial charge in [0.2, 0.25) is 0 Å². The Bertz CT molecular complexity index is 740. The zero-order valence-corrected chi connectivity index (χ0v) is 15.6. The highest BCUT2D eigenvalue weighted by Gasteiger charge is 2.21. The minimum Gasteiger partial charge on any atom is -0.364 e. The van der Waals surface area contributed by atoms with E-state index in [1.807, 2.05) is 0 Å². The van der Waals surface area contributed by atoms with E-state index in [1.54, 1.807) is 17.7 Å². The molecule has 2 heterocycles. The Morgan fingerprint density at radius 1 is 1.20 bits per heavy atom. The summed E-state index contributed by atoms with van der Waals surface area (Å²) in [5.74, 6) is 0.914. The van der Waals surface area contributed by atoms with Crippen LogP contribution >= 0.6 is 27.3 Å². The summed E-state index contributed by atoms with van der Waals surface area (Å²) in [6, 6.07) is 10.5. The molecule has 20 heavy (non-hydrogen) atoms. The number of hydrogen-bond acceptors (Lipinski definition) is 4. The van der Waals surface area contributed by atoms with Gasteiger partial charge in [-0.1, -0.05) is 28.1 Å². The zero-order valence-electron chi connectivity index (χ0n) is 11.2. The molecule has 102 valence electrons. The molecule has 3 aromatic rings. The maximum atomic E-state index is 4.40. The summed E-state index contributed by atoms with van der Waals surface area (Å²) in [7, 11) is 0.970. The molecule has 6 heteroatoms. The van der Waals surface area contributed by atoms with E-state index in [1.165, 1.54) is 5.56 Å². The van der Waals surface area contributed by atoms with E-state index in [4.69, 9.17) is 0 Å². The number of aromatic nitrogens is 2. The highest BCUT2D eigenvalue weighted by atomic mass is 79.9. The van der Waals surface area contributed by atoms with Gasteiger partial charge >= 0.3 is 0 Å². The van der Waals surface area contributed by atoms with Gasteiger partial charge in [-0.3, -0.25) is 0 Å². The lowest BCUT2D eigenvalue weighted by atomic mass is 10.1. The van der Waals surface area contributed by atoms with Crippen LogP contribution in [0.3, 0.4) is 0 Å². The highest BCUT2D eigenvalue weighted by molar-refractivity contribution is 9.10. The van der Waals surface area contributed by atoms with Gasteiger partial charge in [-0.15, -0.1) is 11.3 Å². The van der Waals surface area contributed by atoms with Crippen LogP contribution in [0.4, 0.5) is 5.82 Å². The molecular formula is C14H14BrN3SSi. The third-order valence-electron chi connectivity index (χ3n) is 3.26. The molecule has 0 aliphatic carbocycles. The van der Waals surface area contributed by atoms with E-state index >= 15 is 0 Å². The van der Waals surface area contributed by atoms with Crippen LogP contribution in [0.25, 0.3) is 10.2 Å². The molecule has 1 aromatic carbocycles. The van der Waals surface area contributed by atoms with Gasteiger partial charge in [0.05, 0.1) is 5.39 Å². The van der Waals surface area contributed by atoms with E-state index in [0.717, 1.165) is 30.7 Å². The molecule has 0 unspecified atom stereocenters. The summed E-state index contributed by atoms with van der Waals surface area (Å²) in [6.45, 7) is 2.21. The third kappa shape index (κ3) is 2.63. The van der Waals surface area contributed by atoms with Gasteiger partial charge in [0, 0.05) is 19.9 Å². The molecular weight excluding hydrogens is 350 g/mol. The second-order valence-electron chi connectivity index (χ2n) is 5.12. The summed E-state index contributed by atoms with van der Waals surface area (Å²) in [5, 5.41) is 6.66. The monoisotopic (exact) mass is 363 g/mol. The van der Waals surface area contributed by atoms with E-state index in [9.17, 15) is 0 Å². The smallest absolute Gasteiger partial charge is 0.138 e. The Labute approximate surface area is 133 Å². The molecule has 3 nitrogen and oxygen atoms in total. The van der Waals surface area contributed by atoms with Crippen LogP contribution in [0.15, 0.2) is 46.5 Å². The molecule has 2 aromatic heterocycles. The third-order valence-corrected chi connectivity index (χ3v) is 5.44. The first kappa shape index (κ1) is 13.7. The summed E-state index contributed by atoms with van der Waals surface area (Å²) >= 11 is 5.12. The second kappa shape index (κ2) is 5.27. The average Bonchev–Trinajstić information content (AvgIpc) is 2.88. The standard InChI is InChI=1S/C14H14BrN3SSi/c1-14(20,9-2-4-10(15)5-3-9)18-12-11-6-7-19-13(11)17-8-16-12/h2-8H,1,20H3,(H,16,17,18)/t14-/m0/s1. The van der Waals surface area contributed by atoms with Crippen molar-refractivity contribution >= 4 is 53.5 Å². The molecule has 1 N–H and O–H groups in total. The fraction of sp³-hybridized carbons (Fsp3) is 0.143. The maximum Gasteiger partial charge on any atom is 0.138 e. The zero-order chi connectivity index (χ0) is 14.2. The van der Waals surface area contributed by atoms with Crippen LogP contribution in [0.2, 0.25) is 0 Å². The average molecular weight is 364 g/mol. The Hall–Kier alpha value is -1.24. The first-order chi connectivity index (χ1) is 9.56. The predicted molar refractivity (Wildman–Crippen MR) is 92.5 cm³/mol. The highest BCUT2D eigenvalue weighted by Crippen LogP contribution is 2.29. The minimum atomic E-state index is -0.0656. The fourth-order valence-electron chi connectivity index (χ4n) is 2.12. The number of benzene rings is 1. The van der Waals surface area contributed by atoms with Gasteiger partial charge in [-0.2, -0.15) is 0 Å². The Morgan fingerprint density at radius 3 is 2.70 bits per heavy atom. The van der Waals surface area contributed by atoms with E-state index in [-0.39, 0.29) is 5.16 Å². The largest absolute Gasteiger partial charge is 0.364 e. The quantitative estimate of drug-likeness (QED) is 0.726. The first-order valence-corrected chi connectivity index (χ1v) is 8.96. The molecule has 0 aliphatic heterocycles. The summed E-state index contributed by atoms with van der Waals surface area (Å²) in [6.07, 6.45) is 1.63. The van der Waals surface area contributed by atoms with Crippen molar-refractivity contribution in [2.45, 2.75) is 12.1 Å². The van der Waals surface area contributed by atoms with Crippen LogP contribution < -0.4 is 5.32 Å². The number of halogens is 1. The lowest BCUT2D eigenvalue weighted by Crippen LogP contribution is -2.32. The van der Waals surface area contributed by atoms with Crippen molar-refractivity contribution in [1.82, 2.24) is 9.97 Å². The number of nitrogens with one attached hydrogen (secondary N) is 1. The minimum absolute atomic E-state index is 0.0656. The number of anilines is 1. The first-order valence-electron chi connectivity index (χ1n) is 6.29. The molecule has 1 atom stereocenters. The maximum absolute atomic E-state index is 4.40. The van der Waals surface area contributed by atoms with Crippen LogP contribution in [-0.4, -0.2) is 20.2 Å². The van der Waals surface area contributed by atoms with Crippen molar-refractivity contribution in [2.75, 3.05) is 5.32 Å². The summed E-state index contributed by atoms with van der Waals surface area (Å²) in [5.41, 5.74) is 1.27. The van der Waals surface area contributed by atoms with Crippen molar-refractivity contribution in [3.8, 4) is 0 Å². The molecule has 0 saturated heterocycles. The summed E-state index contributed by atoms with van der Waals surface area (Å²) < 4.78 is 1.10. The van der Waals surface area contributed by atoms with Crippen LogP contribution in [0.5, 0.6) is 0 Å². The Balaban J connectivity index is 1.96. The van der Waals surface area contributed by atoms with E-state index < -0.39 is 0 Å². The lowest BCUT2D eigenvalue weighted by Gasteiger charge is -2.28. The normalized spacial score (nSPS) is 14.3. The lowest BCUT2D eigenvalue weighted by molar-refractivity contribution is 0.778. The SMILES string of the molecule is C[C@@]([SiH3])(Nc1ncnc2sccc12)c1ccc(Br)cc1. The fourth-order valence-corrected chi connectivity index (χ4v) is 3.69. The van der Waals surface area contributed by atoms with Gasteiger partial charge in [-0.05, 0) is 36.1 Å². The molecule has 0 aliphatic rings. The van der Waals surface area contributed by atoms with Crippen molar-refractivity contribution in [3.63, 3.8) is 0 Å². The molecule has 0 fully saturated rings. The second-order valence-corrected chi connectivity index (χ2v) is 8.93. The van der Waals surface area contributed by atoms with Crippen LogP contribution in [0.1, 0.15) is 12.5 Å². The summed E-state index contributed by atoms with van der Waals surface area (Å²) in [4.78, 5) is 9.72. The molecule has 0 spiro atoms. The molecule has 0 saturated carbocycles. The van der Waals surface area contributed by atoms with Crippen molar-refractivity contribution in [2.24, 2.45) is 0 Å². The van der Waals surface area contributed by atoms with Crippen molar-refractivity contribution < 1.29 is 0 Å². The van der Waals surface area contributed by atoms with Crippen molar-refractivity contribution in [3.05, 3.63) is 52.1 Å². The van der Waals surface area contributed by atoms with Crippen molar-refractivity contribution in [1.29, 1.82) is 0 Å². The molecule has 0 radical (unpaired) electrons. The van der Waals surface area contributed by atoms with Gasteiger partial charge in [0.15, 0.2) is 0 Å². The Kier molecular flexibility index (Phi) is 3.62. The van der Waals surface area contributed by atoms with Crippen LogP contribution in [-0.2, 0) is 5.16 Å². The van der Waals surface area contributed by atoms with E-state index in [2.05, 4.69) is 73.9 Å². The predicted octanol–water partition coefficient (Wildman–Crippen LogP) is 3.10. The van der Waals surface area contributed by atoms with Gasteiger partial charge < -0.3 is 5.32 Å². The number of nitrogens with zero attached hydrogens (tertiary/aromatic N) is 2. The van der Waals surface area contributed by atoms with Gasteiger partial charge in [0.1, 0.15) is 17.0 Å². The molecule has 0 amide bonds. The Morgan fingerprint density at radius 2 is 1.95 bits per heavy atom. The topological polar surface area (TPSA) is 37.8 Å². The number of rotatable bonds is 3. The van der Waals surface area contributed by atoms with Gasteiger partial charge in [0.25, 0.3) is 0 Å². The number of fused-ring (bicyclic) bond motifs is 1. The molecule has 3 rings (SSSR count). The van der Waals surface area contributed by atoms with E-state index in [0.29, 0.717) is 0 Å².